The third-order valence-electron chi connectivity index (χ3n) is 7.82. The number of benzene rings is 2. The fraction of sp³-hybridized carbons (Fsp3) is 0.571. The Morgan fingerprint density at radius 3 is 1.64 bits per heavy atom. The third kappa shape index (κ3) is 14.4. The lowest BCUT2D eigenvalue weighted by Gasteiger charge is -2.38. The topological polar surface area (TPSA) is 135 Å². The molecule has 2 aliphatic rings. The van der Waals surface area contributed by atoms with Crippen molar-refractivity contribution in [3.63, 3.8) is 0 Å². The average molecular weight is 627 g/mol. The summed E-state index contributed by atoms with van der Waals surface area (Å²) in [5.74, 6) is -0.453. The Morgan fingerprint density at radius 1 is 0.733 bits per heavy atom. The van der Waals surface area contributed by atoms with Crippen molar-refractivity contribution in [3.8, 4) is 0 Å². The van der Waals surface area contributed by atoms with Crippen LogP contribution in [0.3, 0.4) is 0 Å². The first kappa shape index (κ1) is 36.0. The summed E-state index contributed by atoms with van der Waals surface area (Å²) in [6.07, 6.45) is 4.27. The Balaban J connectivity index is 0.000000257. The van der Waals surface area contributed by atoms with Gasteiger partial charge in [0.05, 0.1) is 0 Å². The summed E-state index contributed by atoms with van der Waals surface area (Å²) in [6, 6.07) is 19.2. The summed E-state index contributed by atoms with van der Waals surface area (Å²) in [5.41, 5.74) is 6.87. The second kappa shape index (κ2) is 17.9. The zero-order valence-electron chi connectivity index (χ0n) is 27.0. The highest BCUT2D eigenvalue weighted by atomic mass is 16.6. The van der Waals surface area contributed by atoms with Crippen LogP contribution in [0.25, 0.3) is 0 Å². The maximum atomic E-state index is 12.2. The van der Waals surface area contributed by atoms with Gasteiger partial charge < -0.3 is 34.7 Å². The molecule has 10 nitrogen and oxygen atoms in total. The van der Waals surface area contributed by atoms with Crippen molar-refractivity contribution < 1.29 is 38.1 Å². The van der Waals surface area contributed by atoms with Gasteiger partial charge >= 0.3 is 18.0 Å². The van der Waals surface area contributed by atoms with Gasteiger partial charge in [-0.25, -0.2) is 4.79 Å². The molecule has 1 amide bonds. The molecule has 0 saturated carbocycles. The zero-order chi connectivity index (χ0) is 32.6. The van der Waals surface area contributed by atoms with Crippen LogP contribution in [0.4, 0.5) is 4.79 Å². The molecule has 0 aromatic heterocycles. The first-order valence-corrected chi connectivity index (χ1v) is 15.8. The number of ether oxygens (including phenoxy) is 5. The van der Waals surface area contributed by atoms with Crippen molar-refractivity contribution in [1.29, 1.82) is 0 Å². The molecule has 4 rings (SSSR count). The first-order valence-electron chi connectivity index (χ1n) is 15.8. The van der Waals surface area contributed by atoms with E-state index in [-0.39, 0.29) is 30.5 Å². The summed E-state index contributed by atoms with van der Waals surface area (Å²) < 4.78 is 26.6. The van der Waals surface area contributed by atoms with Crippen LogP contribution >= 0.6 is 0 Å². The van der Waals surface area contributed by atoms with Crippen molar-refractivity contribution in [3.05, 3.63) is 71.8 Å². The number of rotatable bonds is 11. The molecule has 0 radical (unpaired) electrons. The molecule has 0 unspecified atom stereocenters. The first-order chi connectivity index (χ1) is 21.5. The maximum absolute atomic E-state index is 12.2. The summed E-state index contributed by atoms with van der Waals surface area (Å²) in [5, 5.41) is 2.97. The van der Waals surface area contributed by atoms with Gasteiger partial charge in [0, 0.05) is 50.3 Å². The van der Waals surface area contributed by atoms with Crippen LogP contribution < -0.4 is 11.1 Å². The molecule has 2 aromatic rings. The largest absolute Gasteiger partial charge is 0.461 e. The highest BCUT2D eigenvalue weighted by molar-refractivity contribution is 5.71. The number of amides is 1. The van der Waals surface area contributed by atoms with Crippen molar-refractivity contribution in [2.75, 3.05) is 26.4 Å². The van der Waals surface area contributed by atoms with Gasteiger partial charge in [-0.15, -0.1) is 0 Å². The molecule has 2 aromatic carbocycles. The number of hydrogen-bond acceptors (Lipinski definition) is 9. The second-order valence-electron chi connectivity index (χ2n) is 12.8. The van der Waals surface area contributed by atoms with Crippen molar-refractivity contribution in [1.82, 2.24) is 5.32 Å². The van der Waals surface area contributed by atoms with E-state index in [9.17, 15) is 14.4 Å². The van der Waals surface area contributed by atoms with Crippen molar-refractivity contribution in [2.24, 2.45) is 5.73 Å². The lowest BCUT2D eigenvalue weighted by molar-refractivity contribution is -0.146. The van der Waals surface area contributed by atoms with Crippen LogP contribution in [-0.2, 0) is 46.5 Å². The number of nitrogens with two attached hydrogens (primary N) is 1. The summed E-state index contributed by atoms with van der Waals surface area (Å²) in [7, 11) is 0. The summed E-state index contributed by atoms with van der Waals surface area (Å²) in [4.78, 5) is 36.0. The van der Waals surface area contributed by atoms with Crippen LogP contribution in [0, 0.1) is 0 Å². The highest BCUT2D eigenvalue weighted by Gasteiger charge is 2.36. The van der Waals surface area contributed by atoms with Crippen LogP contribution in [0.1, 0.15) is 83.3 Å². The molecule has 2 saturated heterocycles. The van der Waals surface area contributed by atoms with E-state index in [2.05, 4.69) is 5.32 Å². The van der Waals surface area contributed by atoms with Crippen LogP contribution in [0.5, 0.6) is 0 Å². The van der Waals surface area contributed by atoms with E-state index in [1.54, 1.807) is 0 Å². The quantitative estimate of drug-likeness (QED) is 0.241. The van der Waals surface area contributed by atoms with Gasteiger partial charge in [-0.3, -0.25) is 9.59 Å². The fourth-order valence-corrected chi connectivity index (χ4v) is 5.06. The Labute approximate surface area is 267 Å². The predicted octanol–water partition coefficient (Wildman–Crippen LogP) is 5.60. The Morgan fingerprint density at radius 2 is 1.18 bits per heavy atom. The Bertz CT molecular complexity index is 1170. The van der Waals surface area contributed by atoms with Crippen molar-refractivity contribution >= 4 is 18.0 Å². The number of carbonyl (C=O) groups is 3. The molecule has 10 heteroatoms. The zero-order valence-corrected chi connectivity index (χ0v) is 27.0. The van der Waals surface area contributed by atoms with E-state index in [1.807, 2.05) is 81.4 Å². The Kier molecular flexibility index (Phi) is 14.3. The molecule has 3 N–H and O–H groups in total. The lowest BCUT2D eigenvalue weighted by atomic mass is 9.85. The van der Waals surface area contributed by atoms with Crippen LogP contribution in [0.15, 0.2) is 60.7 Å². The van der Waals surface area contributed by atoms with Gasteiger partial charge in [0.2, 0.25) is 0 Å². The molecule has 0 spiro atoms. The normalized spacial score (nSPS) is 17.2. The molecular formula is C35H50N2O8. The number of hydrogen-bond donors (Lipinski definition) is 2. The van der Waals surface area contributed by atoms with Gasteiger partial charge in [-0.1, -0.05) is 60.7 Å². The number of alkyl carbamates (subject to hydrolysis) is 1. The molecule has 2 fully saturated rings. The average Bonchev–Trinajstić information content (AvgIpc) is 3.02. The van der Waals surface area contributed by atoms with E-state index in [0.717, 1.165) is 24.0 Å². The minimum absolute atomic E-state index is 0.180. The van der Waals surface area contributed by atoms with E-state index in [0.29, 0.717) is 65.1 Å². The number of carbonyl (C=O) groups excluding carboxylic acids is 3. The van der Waals surface area contributed by atoms with E-state index in [1.165, 1.54) is 0 Å². The molecule has 2 heterocycles. The van der Waals surface area contributed by atoms with Gasteiger partial charge in [0.1, 0.15) is 18.8 Å². The smallest absolute Gasteiger partial charge is 0.408 e. The third-order valence-corrected chi connectivity index (χ3v) is 7.82. The standard InChI is InChI=1S/C20H29NO5.C15H21NO3/c1-19(2,3)26-18(23)21-20(11-13-24-14-12-20)10-9-17(22)25-15-16-7-5-4-6-8-16;16-15(8-10-18-11-9-15)7-6-14(17)19-12-13-4-2-1-3-5-13/h4-8H,9-15H2,1-3H3,(H,21,23);1-5H,6-12,16H2. The van der Waals surface area contributed by atoms with E-state index >= 15 is 0 Å². The van der Waals surface area contributed by atoms with Gasteiger partial charge in [-0.2, -0.15) is 0 Å². The second-order valence-corrected chi connectivity index (χ2v) is 12.8. The highest BCUT2D eigenvalue weighted by Crippen LogP contribution is 2.27. The van der Waals surface area contributed by atoms with E-state index in [4.69, 9.17) is 29.4 Å². The number of esters is 2. The maximum Gasteiger partial charge on any atom is 0.408 e. The predicted molar refractivity (Wildman–Crippen MR) is 170 cm³/mol. The fourth-order valence-electron chi connectivity index (χ4n) is 5.06. The monoisotopic (exact) mass is 626 g/mol. The molecule has 0 aliphatic carbocycles. The van der Waals surface area contributed by atoms with Gasteiger partial charge in [0.15, 0.2) is 0 Å². The number of nitrogens with one attached hydrogen (secondary N) is 1. The Hall–Kier alpha value is -3.47. The molecule has 45 heavy (non-hydrogen) atoms. The molecule has 0 atom stereocenters. The molecule has 2 aliphatic heterocycles. The van der Waals surface area contributed by atoms with Crippen molar-refractivity contribution in [2.45, 2.75) is 102 Å². The van der Waals surface area contributed by atoms with Gasteiger partial charge in [-0.05, 0) is 70.4 Å². The van der Waals surface area contributed by atoms with Gasteiger partial charge in [0.25, 0.3) is 0 Å². The van der Waals surface area contributed by atoms with Crippen LogP contribution in [-0.4, -0.2) is 61.1 Å². The van der Waals surface area contributed by atoms with Crippen LogP contribution in [0.2, 0.25) is 0 Å². The summed E-state index contributed by atoms with van der Waals surface area (Å²) >= 11 is 0. The minimum atomic E-state index is -0.564. The molecule has 0 bridgehead atoms. The summed E-state index contributed by atoms with van der Waals surface area (Å²) in [6.45, 7) is 8.54. The van der Waals surface area contributed by atoms with E-state index < -0.39 is 17.2 Å². The molecular weight excluding hydrogens is 576 g/mol. The SMILES string of the molecule is CC(C)(C)OC(=O)NC1(CCC(=O)OCc2ccccc2)CCOCC1.NC1(CCC(=O)OCc2ccccc2)CCOCC1. The lowest BCUT2D eigenvalue weighted by Crippen LogP contribution is -2.53. The minimum Gasteiger partial charge on any atom is -0.461 e. The molecule has 248 valence electrons.